The Bertz CT molecular complexity index is 795. The molecule has 0 aliphatic rings. The van der Waals surface area contributed by atoms with Crippen LogP contribution in [0.15, 0.2) is 48.8 Å². The summed E-state index contributed by atoms with van der Waals surface area (Å²) in [6.45, 7) is 0.173. The first-order valence-electron chi connectivity index (χ1n) is 6.66. The second kappa shape index (κ2) is 6.70. The van der Waals surface area contributed by atoms with Gasteiger partial charge in [-0.15, -0.1) is 5.10 Å². The van der Waals surface area contributed by atoms with Crippen molar-refractivity contribution in [3.05, 3.63) is 65.1 Å². The third-order valence-electron chi connectivity index (χ3n) is 3.03. The minimum Gasteiger partial charge on any atom is -0.471 e. The van der Waals surface area contributed by atoms with Gasteiger partial charge in [0.05, 0.1) is 11.9 Å². The molecule has 0 N–H and O–H groups in total. The molecular formula is C15H11ClF2N4O. The fraction of sp³-hybridized carbons (Fsp3) is 0.133. The van der Waals surface area contributed by atoms with Crippen molar-refractivity contribution in [3.63, 3.8) is 0 Å². The summed E-state index contributed by atoms with van der Waals surface area (Å²) in [5.74, 6) is 0.466. The quantitative estimate of drug-likeness (QED) is 0.710. The molecule has 2 heterocycles. The monoisotopic (exact) mass is 336 g/mol. The van der Waals surface area contributed by atoms with Crippen LogP contribution in [0.2, 0.25) is 5.02 Å². The van der Waals surface area contributed by atoms with Gasteiger partial charge >= 0.3 is 0 Å². The molecule has 0 fully saturated rings. The van der Waals surface area contributed by atoms with E-state index in [1.165, 1.54) is 16.8 Å². The summed E-state index contributed by atoms with van der Waals surface area (Å²) in [5, 5.41) is 7.87. The van der Waals surface area contributed by atoms with Gasteiger partial charge in [-0.1, -0.05) is 22.9 Å². The number of nitrogens with zero attached hydrogens (tertiary/aromatic N) is 4. The Morgan fingerprint density at radius 2 is 2.09 bits per heavy atom. The molecule has 0 saturated heterocycles. The Morgan fingerprint density at radius 3 is 2.83 bits per heavy atom. The van der Waals surface area contributed by atoms with Gasteiger partial charge in [0.2, 0.25) is 5.88 Å². The van der Waals surface area contributed by atoms with Crippen molar-refractivity contribution in [2.75, 3.05) is 0 Å². The lowest BCUT2D eigenvalue weighted by molar-refractivity contribution is 0.151. The van der Waals surface area contributed by atoms with Crippen LogP contribution in [0.5, 0.6) is 5.88 Å². The molecule has 5 nitrogen and oxygen atoms in total. The Kier molecular flexibility index (Phi) is 4.47. The van der Waals surface area contributed by atoms with E-state index >= 15 is 0 Å². The first-order valence-corrected chi connectivity index (χ1v) is 7.04. The lowest BCUT2D eigenvalue weighted by Crippen LogP contribution is -1.98. The maximum absolute atomic E-state index is 12.9. The van der Waals surface area contributed by atoms with E-state index in [0.717, 1.165) is 0 Å². The molecule has 0 unspecified atom stereocenters. The van der Waals surface area contributed by atoms with Crippen molar-refractivity contribution in [1.82, 2.24) is 20.0 Å². The molecule has 3 aromatic rings. The first-order chi connectivity index (χ1) is 11.1. The molecule has 2 aromatic heterocycles. The van der Waals surface area contributed by atoms with E-state index in [4.69, 9.17) is 16.3 Å². The number of benzene rings is 1. The predicted molar refractivity (Wildman–Crippen MR) is 79.9 cm³/mol. The standard InChI is InChI=1S/C15H11ClF2N4O/c16-13-5-4-11(7-12(13)15(17)18)22-8-10(20-21-22)9-23-14-3-1-2-6-19-14/h1-8,15H,9H2. The van der Waals surface area contributed by atoms with E-state index < -0.39 is 6.43 Å². The smallest absolute Gasteiger partial charge is 0.265 e. The first kappa shape index (κ1) is 15.4. The molecule has 8 heteroatoms. The highest BCUT2D eigenvalue weighted by Gasteiger charge is 2.14. The third-order valence-corrected chi connectivity index (χ3v) is 3.37. The zero-order chi connectivity index (χ0) is 16.2. The second-order valence-electron chi connectivity index (χ2n) is 4.62. The topological polar surface area (TPSA) is 52.8 Å². The highest BCUT2D eigenvalue weighted by Crippen LogP contribution is 2.28. The molecule has 0 saturated carbocycles. The molecule has 0 atom stereocenters. The number of pyridine rings is 1. The summed E-state index contributed by atoms with van der Waals surface area (Å²) in [4.78, 5) is 4.02. The fourth-order valence-corrected chi connectivity index (χ4v) is 2.11. The van der Waals surface area contributed by atoms with Gasteiger partial charge in [-0.05, 0) is 24.3 Å². The van der Waals surface area contributed by atoms with Crippen molar-refractivity contribution < 1.29 is 13.5 Å². The molecule has 118 valence electrons. The second-order valence-corrected chi connectivity index (χ2v) is 5.02. The molecule has 0 aliphatic carbocycles. The van der Waals surface area contributed by atoms with E-state index in [1.807, 2.05) is 0 Å². The number of aromatic nitrogens is 4. The number of ether oxygens (including phenoxy) is 1. The van der Waals surface area contributed by atoms with Gasteiger partial charge in [0.15, 0.2) is 0 Å². The molecule has 0 amide bonds. The normalized spacial score (nSPS) is 11.0. The van der Waals surface area contributed by atoms with Crippen LogP contribution in [0.3, 0.4) is 0 Å². The number of hydrogen-bond donors (Lipinski definition) is 0. The SMILES string of the molecule is FC(F)c1cc(-n2cc(COc3ccccn3)nn2)ccc1Cl. The van der Waals surface area contributed by atoms with Gasteiger partial charge in [-0.25, -0.2) is 18.4 Å². The Labute approximate surface area is 135 Å². The van der Waals surface area contributed by atoms with Crippen LogP contribution in [0.4, 0.5) is 8.78 Å². The van der Waals surface area contributed by atoms with Gasteiger partial charge in [-0.2, -0.15) is 0 Å². The van der Waals surface area contributed by atoms with E-state index in [9.17, 15) is 8.78 Å². The summed E-state index contributed by atoms with van der Waals surface area (Å²) >= 11 is 5.75. The van der Waals surface area contributed by atoms with Crippen LogP contribution in [-0.4, -0.2) is 20.0 Å². The highest BCUT2D eigenvalue weighted by atomic mass is 35.5. The van der Waals surface area contributed by atoms with Gasteiger partial charge in [0.1, 0.15) is 12.3 Å². The van der Waals surface area contributed by atoms with Gasteiger partial charge in [0, 0.05) is 22.8 Å². The maximum Gasteiger partial charge on any atom is 0.265 e. The summed E-state index contributed by atoms with van der Waals surface area (Å²) in [5.41, 5.74) is 0.747. The van der Waals surface area contributed by atoms with E-state index in [0.29, 0.717) is 17.3 Å². The van der Waals surface area contributed by atoms with E-state index in [2.05, 4.69) is 15.3 Å². The van der Waals surface area contributed by atoms with Gasteiger partial charge in [0.25, 0.3) is 6.43 Å². The molecule has 1 aromatic carbocycles. The Hall–Kier alpha value is -2.54. The van der Waals surface area contributed by atoms with E-state index in [-0.39, 0.29) is 17.2 Å². The summed E-state index contributed by atoms with van der Waals surface area (Å²) < 4.78 is 32.6. The molecule has 0 bridgehead atoms. The lowest BCUT2D eigenvalue weighted by Gasteiger charge is -2.06. The average molecular weight is 337 g/mol. The van der Waals surface area contributed by atoms with Gasteiger partial charge in [-0.3, -0.25) is 0 Å². The van der Waals surface area contributed by atoms with Crippen LogP contribution in [0.1, 0.15) is 17.7 Å². The maximum atomic E-state index is 12.9. The summed E-state index contributed by atoms with van der Waals surface area (Å²) in [6, 6.07) is 9.59. The Morgan fingerprint density at radius 1 is 1.22 bits per heavy atom. The molecular weight excluding hydrogens is 326 g/mol. The third kappa shape index (κ3) is 3.62. The lowest BCUT2D eigenvalue weighted by atomic mass is 10.2. The number of rotatable bonds is 5. The van der Waals surface area contributed by atoms with Crippen molar-refractivity contribution in [2.45, 2.75) is 13.0 Å². The summed E-state index contributed by atoms with van der Waals surface area (Å²) in [7, 11) is 0. The minimum atomic E-state index is -2.65. The van der Waals surface area contributed by atoms with Crippen LogP contribution >= 0.6 is 11.6 Å². The molecule has 0 spiro atoms. The summed E-state index contributed by atoms with van der Waals surface area (Å²) in [6.07, 6.45) is 0.561. The average Bonchev–Trinajstić information content (AvgIpc) is 3.03. The zero-order valence-electron chi connectivity index (χ0n) is 11.7. The Balaban J connectivity index is 1.75. The minimum absolute atomic E-state index is 0.0163. The molecule has 23 heavy (non-hydrogen) atoms. The van der Waals surface area contributed by atoms with Crippen LogP contribution in [-0.2, 0) is 6.61 Å². The van der Waals surface area contributed by atoms with Crippen LogP contribution in [0.25, 0.3) is 5.69 Å². The van der Waals surface area contributed by atoms with Crippen molar-refractivity contribution in [1.29, 1.82) is 0 Å². The van der Waals surface area contributed by atoms with Crippen molar-refractivity contribution >= 4 is 11.6 Å². The van der Waals surface area contributed by atoms with Crippen LogP contribution in [0, 0.1) is 0 Å². The molecule has 3 rings (SSSR count). The number of halogens is 3. The van der Waals surface area contributed by atoms with Crippen molar-refractivity contribution in [2.24, 2.45) is 0 Å². The highest BCUT2D eigenvalue weighted by molar-refractivity contribution is 6.31. The van der Waals surface area contributed by atoms with Gasteiger partial charge < -0.3 is 4.74 Å². The van der Waals surface area contributed by atoms with E-state index in [1.54, 1.807) is 36.7 Å². The fourth-order valence-electron chi connectivity index (χ4n) is 1.91. The molecule has 0 aliphatic heterocycles. The zero-order valence-corrected chi connectivity index (χ0v) is 12.5. The molecule has 0 radical (unpaired) electrons. The number of alkyl halides is 2. The van der Waals surface area contributed by atoms with Crippen molar-refractivity contribution in [3.8, 4) is 11.6 Å². The predicted octanol–water partition coefficient (Wildman–Crippen LogP) is 3.83. The number of hydrogen-bond acceptors (Lipinski definition) is 4. The largest absolute Gasteiger partial charge is 0.471 e. The van der Waals surface area contributed by atoms with Crippen LogP contribution < -0.4 is 4.74 Å².